The summed E-state index contributed by atoms with van der Waals surface area (Å²) in [6.07, 6.45) is -0.945. The second kappa shape index (κ2) is 7.64. The van der Waals surface area contributed by atoms with Crippen LogP contribution in [0, 0.1) is 5.92 Å². The Kier molecular flexibility index (Phi) is 5.78. The molecule has 0 aromatic heterocycles. The van der Waals surface area contributed by atoms with Gasteiger partial charge in [0.1, 0.15) is 12.4 Å². The molecule has 1 aromatic carbocycles. The zero-order valence-corrected chi connectivity index (χ0v) is 15.1. The number of carbonyl (C=O) groups excluding carboxylic acids is 2. The summed E-state index contributed by atoms with van der Waals surface area (Å²) < 4.78 is 31.2. The second-order valence-corrected chi connectivity index (χ2v) is 7.69. The summed E-state index contributed by atoms with van der Waals surface area (Å²) in [6.45, 7) is 5.46. The Morgan fingerprint density at radius 2 is 1.92 bits per heavy atom. The first-order valence-corrected chi connectivity index (χ1v) is 9.33. The van der Waals surface area contributed by atoms with Gasteiger partial charge in [-0.05, 0) is 25.0 Å². The minimum absolute atomic E-state index is 0.0875. The van der Waals surface area contributed by atoms with Crippen molar-refractivity contribution in [2.24, 2.45) is 10.9 Å². The number of hydrogen-bond acceptors (Lipinski definition) is 6. The highest BCUT2D eigenvalue weighted by atomic mass is 32.2. The van der Waals surface area contributed by atoms with E-state index in [4.69, 9.17) is 4.74 Å². The highest BCUT2D eigenvalue weighted by molar-refractivity contribution is 7.90. The molecule has 0 aliphatic carbocycles. The van der Waals surface area contributed by atoms with E-state index in [1.54, 1.807) is 18.2 Å². The molecule has 2 N–H and O–H groups in total. The van der Waals surface area contributed by atoms with E-state index in [0.29, 0.717) is 12.1 Å². The van der Waals surface area contributed by atoms with Crippen LogP contribution in [0.25, 0.3) is 0 Å². The van der Waals surface area contributed by atoms with Gasteiger partial charge in [-0.3, -0.25) is 19.3 Å². The zero-order chi connectivity index (χ0) is 18.6. The standard InChI is InChI=1S/C16H21N3O5S/c1-10(2)8-18-16(21)11(3)24-14(20)9-17-15-12-6-4-5-7-13(12)25(22,23)19-15/h4-7,10-11H,8-9H2,1-3H3,(H,17,19)(H,18,21)/t11-/m1/s1. The largest absolute Gasteiger partial charge is 0.451 e. The van der Waals surface area contributed by atoms with Crippen molar-refractivity contribution >= 4 is 27.7 Å². The first kappa shape index (κ1) is 18.9. The maximum Gasteiger partial charge on any atom is 0.328 e. The van der Waals surface area contributed by atoms with E-state index in [1.807, 2.05) is 13.8 Å². The molecule has 136 valence electrons. The number of nitrogens with one attached hydrogen (secondary N) is 2. The Labute approximate surface area is 146 Å². The fraction of sp³-hybridized carbons (Fsp3) is 0.438. The predicted octanol–water partition coefficient (Wildman–Crippen LogP) is 0.429. The van der Waals surface area contributed by atoms with Gasteiger partial charge >= 0.3 is 5.97 Å². The smallest absolute Gasteiger partial charge is 0.328 e. The molecule has 9 heteroatoms. The van der Waals surface area contributed by atoms with E-state index in [9.17, 15) is 18.0 Å². The van der Waals surface area contributed by atoms with Crippen molar-refractivity contribution in [2.45, 2.75) is 31.8 Å². The summed E-state index contributed by atoms with van der Waals surface area (Å²) >= 11 is 0. The monoisotopic (exact) mass is 367 g/mol. The van der Waals surface area contributed by atoms with Gasteiger partial charge in [-0.15, -0.1) is 0 Å². The van der Waals surface area contributed by atoms with E-state index in [2.05, 4.69) is 15.0 Å². The lowest BCUT2D eigenvalue weighted by atomic mass is 10.2. The Bertz CT molecular complexity index is 802. The number of fused-ring (bicyclic) bond motifs is 1. The van der Waals surface area contributed by atoms with Gasteiger partial charge in [-0.25, -0.2) is 8.42 Å². The van der Waals surface area contributed by atoms with Crippen LogP contribution in [-0.2, 0) is 24.3 Å². The summed E-state index contributed by atoms with van der Waals surface area (Å²) in [5, 5.41) is 2.66. The minimum Gasteiger partial charge on any atom is -0.451 e. The molecule has 1 aliphatic rings. The molecule has 8 nitrogen and oxygen atoms in total. The van der Waals surface area contributed by atoms with Crippen molar-refractivity contribution in [1.29, 1.82) is 0 Å². The first-order chi connectivity index (χ1) is 11.7. The van der Waals surface area contributed by atoms with Crippen LogP contribution >= 0.6 is 0 Å². The third-order valence-electron chi connectivity index (χ3n) is 3.39. The van der Waals surface area contributed by atoms with Crippen LogP contribution in [0.1, 0.15) is 26.3 Å². The normalized spacial score (nSPS) is 17.7. The lowest BCUT2D eigenvalue weighted by Crippen LogP contribution is -2.38. The Balaban J connectivity index is 1.96. The van der Waals surface area contributed by atoms with Gasteiger partial charge in [-0.1, -0.05) is 26.0 Å². The number of benzene rings is 1. The molecule has 1 atom stereocenters. The molecule has 0 saturated carbocycles. The molecule has 0 spiro atoms. The number of esters is 1. The van der Waals surface area contributed by atoms with E-state index in [-0.39, 0.29) is 22.6 Å². The molecule has 25 heavy (non-hydrogen) atoms. The SMILES string of the molecule is CC(C)CNC(=O)[C@@H](C)OC(=O)CN=C1NS(=O)(=O)c2ccccc21. The fourth-order valence-electron chi connectivity index (χ4n) is 2.13. The van der Waals surface area contributed by atoms with Gasteiger partial charge in [0.25, 0.3) is 15.9 Å². The van der Waals surface area contributed by atoms with Crippen LogP contribution in [0.15, 0.2) is 34.2 Å². The third-order valence-corrected chi connectivity index (χ3v) is 4.79. The summed E-state index contributed by atoms with van der Waals surface area (Å²) in [6, 6.07) is 6.34. The van der Waals surface area contributed by atoms with Crippen LogP contribution in [0.2, 0.25) is 0 Å². The zero-order valence-electron chi connectivity index (χ0n) is 14.3. The lowest BCUT2D eigenvalue weighted by molar-refractivity contribution is -0.153. The topological polar surface area (TPSA) is 114 Å². The number of hydrogen-bond donors (Lipinski definition) is 2. The molecule has 0 bridgehead atoms. The summed E-state index contributed by atoms with van der Waals surface area (Å²) in [4.78, 5) is 27.7. The van der Waals surface area contributed by atoms with Gasteiger partial charge in [-0.2, -0.15) is 0 Å². The number of ether oxygens (including phenoxy) is 1. The highest BCUT2D eigenvalue weighted by Crippen LogP contribution is 2.21. The number of rotatable bonds is 6. The minimum atomic E-state index is -3.65. The van der Waals surface area contributed by atoms with Crippen molar-refractivity contribution in [3.8, 4) is 0 Å². The van der Waals surface area contributed by atoms with Crippen molar-refractivity contribution < 1.29 is 22.7 Å². The van der Waals surface area contributed by atoms with E-state index in [0.717, 1.165) is 0 Å². The maximum atomic E-state index is 11.9. The van der Waals surface area contributed by atoms with Gasteiger partial charge < -0.3 is 10.1 Å². The fourth-order valence-corrected chi connectivity index (χ4v) is 3.38. The van der Waals surface area contributed by atoms with Gasteiger partial charge in [0.2, 0.25) is 0 Å². The maximum absolute atomic E-state index is 11.9. The highest BCUT2D eigenvalue weighted by Gasteiger charge is 2.30. The summed E-state index contributed by atoms with van der Waals surface area (Å²) in [5.74, 6) is -0.733. The van der Waals surface area contributed by atoms with Gasteiger partial charge in [0, 0.05) is 12.1 Å². The predicted molar refractivity (Wildman–Crippen MR) is 91.6 cm³/mol. The van der Waals surface area contributed by atoms with Crippen LogP contribution in [-0.4, -0.2) is 45.3 Å². The lowest BCUT2D eigenvalue weighted by Gasteiger charge is -2.14. The summed E-state index contributed by atoms with van der Waals surface area (Å²) in [5.41, 5.74) is 0.401. The van der Waals surface area contributed by atoms with E-state index < -0.39 is 28.6 Å². The average Bonchev–Trinajstić information content (AvgIpc) is 2.82. The van der Waals surface area contributed by atoms with Crippen LogP contribution in [0.4, 0.5) is 0 Å². The molecule has 0 fully saturated rings. The number of sulfonamides is 1. The number of aliphatic imine (C=N–C) groups is 1. The number of amides is 1. The van der Waals surface area contributed by atoms with Crippen molar-refractivity contribution in [1.82, 2.24) is 10.0 Å². The van der Waals surface area contributed by atoms with E-state index >= 15 is 0 Å². The number of carbonyl (C=O) groups is 2. The molecule has 0 saturated heterocycles. The Hall–Kier alpha value is -2.42. The van der Waals surface area contributed by atoms with Crippen molar-refractivity contribution in [3.05, 3.63) is 29.8 Å². The quantitative estimate of drug-likeness (QED) is 0.708. The molecule has 1 aliphatic heterocycles. The van der Waals surface area contributed by atoms with Crippen LogP contribution in [0.3, 0.4) is 0 Å². The first-order valence-electron chi connectivity index (χ1n) is 7.84. The van der Waals surface area contributed by atoms with Crippen LogP contribution in [0.5, 0.6) is 0 Å². The third kappa shape index (κ3) is 4.79. The molecule has 0 unspecified atom stereocenters. The average molecular weight is 367 g/mol. The molecule has 0 radical (unpaired) electrons. The molecule has 1 heterocycles. The molecule has 1 aromatic rings. The molecular weight excluding hydrogens is 346 g/mol. The number of amidine groups is 1. The number of nitrogens with zero attached hydrogens (tertiary/aromatic N) is 1. The molecule has 2 rings (SSSR count). The van der Waals surface area contributed by atoms with Gasteiger partial charge in [0.15, 0.2) is 6.10 Å². The Morgan fingerprint density at radius 1 is 1.24 bits per heavy atom. The van der Waals surface area contributed by atoms with Gasteiger partial charge in [0.05, 0.1) is 4.90 Å². The van der Waals surface area contributed by atoms with E-state index in [1.165, 1.54) is 13.0 Å². The van der Waals surface area contributed by atoms with Crippen molar-refractivity contribution in [2.75, 3.05) is 13.1 Å². The molecular formula is C16H21N3O5S. The van der Waals surface area contributed by atoms with Crippen molar-refractivity contribution in [3.63, 3.8) is 0 Å². The molecule has 1 amide bonds. The Morgan fingerprint density at radius 3 is 2.60 bits per heavy atom. The van der Waals surface area contributed by atoms with Crippen LogP contribution < -0.4 is 10.0 Å². The summed E-state index contributed by atoms with van der Waals surface area (Å²) in [7, 11) is -3.65. The second-order valence-electron chi connectivity index (χ2n) is 6.04.